The van der Waals surface area contributed by atoms with E-state index in [0.29, 0.717) is 19.1 Å². The first-order valence-corrected chi connectivity index (χ1v) is 6.16. The van der Waals surface area contributed by atoms with Crippen molar-refractivity contribution >= 4 is 17.5 Å². The molecule has 1 heterocycles. The Labute approximate surface area is 113 Å². The monoisotopic (exact) mass is 258 g/mol. The van der Waals surface area contributed by atoms with Crippen molar-refractivity contribution in [1.82, 2.24) is 9.97 Å². The maximum Gasteiger partial charge on any atom is 0.224 e. The molecular weight excluding hydrogens is 240 g/mol. The van der Waals surface area contributed by atoms with Crippen molar-refractivity contribution in [3.63, 3.8) is 0 Å². The van der Waals surface area contributed by atoms with Crippen LogP contribution in [-0.2, 0) is 4.74 Å². The summed E-state index contributed by atoms with van der Waals surface area (Å²) < 4.78 is 4.98. The van der Waals surface area contributed by atoms with E-state index in [1.54, 1.807) is 13.3 Å². The second-order valence-corrected chi connectivity index (χ2v) is 4.05. The molecule has 1 N–H and O–H groups in total. The molecule has 0 saturated carbocycles. The van der Waals surface area contributed by atoms with Gasteiger partial charge in [-0.2, -0.15) is 4.98 Å². The van der Waals surface area contributed by atoms with Gasteiger partial charge < -0.3 is 15.0 Å². The van der Waals surface area contributed by atoms with Gasteiger partial charge in [-0.3, -0.25) is 0 Å². The fourth-order valence-electron chi connectivity index (χ4n) is 1.67. The molecular formula is C14H18N4O. The molecule has 0 aliphatic heterocycles. The van der Waals surface area contributed by atoms with Crippen molar-refractivity contribution in [3.05, 3.63) is 42.6 Å². The third-order valence-electron chi connectivity index (χ3n) is 2.72. The zero-order valence-electron chi connectivity index (χ0n) is 11.2. The molecule has 0 aliphatic carbocycles. The summed E-state index contributed by atoms with van der Waals surface area (Å²) >= 11 is 0. The minimum absolute atomic E-state index is 0.609. The predicted molar refractivity (Wildman–Crippen MR) is 76.9 cm³/mol. The van der Waals surface area contributed by atoms with Crippen molar-refractivity contribution in [2.24, 2.45) is 0 Å². The van der Waals surface area contributed by atoms with Gasteiger partial charge in [0.25, 0.3) is 0 Å². The zero-order valence-corrected chi connectivity index (χ0v) is 11.2. The number of methoxy groups -OCH3 is 1. The molecule has 0 unspecified atom stereocenters. The van der Waals surface area contributed by atoms with Crippen LogP contribution in [0.1, 0.15) is 0 Å². The highest BCUT2D eigenvalue weighted by atomic mass is 16.5. The van der Waals surface area contributed by atoms with E-state index in [9.17, 15) is 0 Å². The molecule has 0 bridgehead atoms. The summed E-state index contributed by atoms with van der Waals surface area (Å²) in [5.41, 5.74) is 1.09. The minimum atomic E-state index is 0.609. The smallest absolute Gasteiger partial charge is 0.224 e. The highest BCUT2D eigenvalue weighted by Gasteiger charge is 2.06. The molecule has 0 saturated heterocycles. The highest BCUT2D eigenvalue weighted by molar-refractivity contribution is 5.59. The summed E-state index contributed by atoms with van der Waals surface area (Å²) in [4.78, 5) is 10.7. The summed E-state index contributed by atoms with van der Waals surface area (Å²) in [5, 5.41) is 3.12. The largest absolute Gasteiger partial charge is 0.383 e. The van der Waals surface area contributed by atoms with Crippen LogP contribution >= 0.6 is 0 Å². The van der Waals surface area contributed by atoms with Crippen LogP contribution in [0, 0.1) is 0 Å². The number of hydrogen-bond donors (Lipinski definition) is 1. The van der Waals surface area contributed by atoms with Gasteiger partial charge in [-0.05, 0) is 18.2 Å². The number of anilines is 3. The molecule has 1 aromatic heterocycles. The van der Waals surface area contributed by atoms with Crippen molar-refractivity contribution in [1.29, 1.82) is 0 Å². The third kappa shape index (κ3) is 3.66. The number of rotatable bonds is 6. The molecule has 1 aromatic carbocycles. The van der Waals surface area contributed by atoms with Crippen LogP contribution < -0.4 is 10.2 Å². The van der Waals surface area contributed by atoms with E-state index in [1.165, 1.54) is 0 Å². The highest BCUT2D eigenvalue weighted by Crippen LogP contribution is 2.21. The van der Waals surface area contributed by atoms with Crippen LogP contribution in [0.25, 0.3) is 0 Å². The van der Waals surface area contributed by atoms with Crippen LogP contribution in [0.2, 0.25) is 0 Å². The topological polar surface area (TPSA) is 50.3 Å². The lowest BCUT2D eigenvalue weighted by molar-refractivity contribution is 0.210. The fourth-order valence-corrected chi connectivity index (χ4v) is 1.67. The molecule has 5 nitrogen and oxygen atoms in total. The lowest BCUT2D eigenvalue weighted by Crippen LogP contribution is -2.14. The van der Waals surface area contributed by atoms with E-state index < -0.39 is 0 Å². The SMILES string of the molecule is COCCNc1nccc(N(C)c2ccccc2)n1. The van der Waals surface area contributed by atoms with Gasteiger partial charge in [0.1, 0.15) is 5.82 Å². The normalized spacial score (nSPS) is 10.2. The maximum atomic E-state index is 4.98. The molecule has 19 heavy (non-hydrogen) atoms. The second-order valence-electron chi connectivity index (χ2n) is 4.05. The van der Waals surface area contributed by atoms with Crippen LogP contribution in [0.3, 0.4) is 0 Å². The summed E-state index contributed by atoms with van der Waals surface area (Å²) in [5.74, 6) is 1.46. The van der Waals surface area contributed by atoms with E-state index in [0.717, 1.165) is 11.5 Å². The minimum Gasteiger partial charge on any atom is -0.383 e. The number of nitrogens with one attached hydrogen (secondary N) is 1. The number of aromatic nitrogens is 2. The van der Waals surface area contributed by atoms with Crippen LogP contribution in [0.5, 0.6) is 0 Å². The summed E-state index contributed by atoms with van der Waals surface area (Å²) in [6.07, 6.45) is 1.75. The van der Waals surface area contributed by atoms with Gasteiger partial charge in [0.2, 0.25) is 5.95 Å². The Hall–Kier alpha value is -2.14. The lowest BCUT2D eigenvalue weighted by atomic mass is 10.3. The van der Waals surface area contributed by atoms with E-state index in [-0.39, 0.29) is 0 Å². The number of benzene rings is 1. The third-order valence-corrected chi connectivity index (χ3v) is 2.72. The van der Waals surface area contributed by atoms with Crippen LogP contribution in [-0.4, -0.2) is 37.3 Å². The number of ether oxygens (including phenoxy) is 1. The number of hydrogen-bond acceptors (Lipinski definition) is 5. The van der Waals surface area contributed by atoms with Gasteiger partial charge in [-0.15, -0.1) is 0 Å². The fraction of sp³-hybridized carbons (Fsp3) is 0.286. The van der Waals surface area contributed by atoms with Gasteiger partial charge in [0.05, 0.1) is 6.61 Å². The van der Waals surface area contributed by atoms with Gasteiger partial charge in [0.15, 0.2) is 0 Å². The van der Waals surface area contributed by atoms with Gasteiger partial charge >= 0.3 is 0 Å². The molecule has 2 aromatic rings. The molecule has 5 heteroatoms. The van der Waals surface area contributed by atoms with E-state index in [1.807, 2.05) is 48.3 Å². The van der Waals surface area contributed by atoms with Crippen LogP contribution in [0.4, 0.5) is 17.5 Å². The predicted octanol–water partition coefficient (Wildman–Crippen LogP) is 2.30. The summed E-state index contributed by atoms with van der Waals surface area (Å²) in [6, 6.07) is 12.0. The quantitative estimate of drug-likeness (QED) is 0.806. The molecule has 100 valence electrons. The van der Waals surface area contributed by atoms with Crippen molar-refractivity contribution in [2.45, 2.75) is 0 Å². The number of para-hydroxylation sites is 1. The first-order chi connectivity index (χ1) is 9.31. The second kappa shape index (κ2) is 6.70. The molecule has 2 rings (SSSR count). The first-order valence-electron chi connectivity index (χ1n) is 6.16. The van der Waals surface area contributed by atoms with Gasteiger partial charge in [-0.25, -0.2) is 4.98 Å². The molecule has 0 fully saturated rings. The Morgan fingerprint density at radius 1 is 1.21 bits per heavy atom. The summed E-state index contributed by atoms with van der Waals surface area (Å²) in [7, 11) is 3.65. The Bertz CT molecular complexity index is 504. The van der Waals surface area contributed by atoms with E-state index in [4.69, 9.17) is 4.74 Å². The maximum absolute atomic E-state index is 4.98. The Morgan fingerprint density at radius 3 is 2.74 bits per heavy atom. The molecule has 0 spiro atoms. The molecule has 0 aliphatic rings. The Morgan fingerprint density at radius 2 is 2.00 bits per heavy atom. The summed E-state index contributed by atoms with van der Waals surface area (Å²) in [6.45, 7) is 1.32. The molecule has 0 amide bonds. The van der Waals surface area contributed by atoms with E-state index in [2.05, 4.69) is 15.3 Å². The first kappa shape index (κ1) is 13.3. The molecule has 0 radical (unpaired) electrons. The number of nitrogens with zero attached hydrogens (tertiary/aromatic N) is 3. The lowest BCUT2D eigenvalue weighted by Gasteiger charge is -2.18. The van der Waals surface area contributed by atoms with Crippen molar-refractivity contribution in [3.8, 4) is 0 Å². The standard InChI is InChI=1S/C14H18N4O/c1-18(12-6-4-3-5-7-12)13-8-9-15-14(17-13)16-10-11-19-2/h3-9H,10-11H2,1-2H3,(H,15,16,17). The zero-order chi connectivity index (χ0) is 13.5. The average Bonchev–Trinajstić information content (AvgIpc) is 2.48. The Kier molecular flexibility index (Phi) is 4.69. The van der Waals surface area contributed by atoms with E-state index >= 15 is 0 Å². The average molecular weight is 258 g/mol. The van der Waals surface area contributed by atoms with Gasteiger partial charge in [-0.1, -0.05) is 18.2 Å². The van der Waals surface area contributed by atoms with Crippen molar-refractivity contribution < 1.29 is 4.74 Å². The van der Waals surface area contributed by atoms with Crippen molar-refractivity contribution in [2.75, 3.05) is 37.5 Å². The Balaban J connectivity index is 2.10. The molecule has 0 atom stereocenters. The van der Waals surface area contributed by atoms with Crippen LogP contribution in [0.15, 0.2) is 42.6 Å². The van der Waals surface area contributed by atoms with Gasteiger partial charge in [0, 0.05) is 32.6 Å².